The highest BCUT2D eigenvalue weighted by Crippen LogP contribution is 2.39. The third-order valence-corrected chi connectivity index (χ3v) is 11.6. The number of ether oxygens (including phenoxy) is 1. The van der Waals surface area contributed by atoms with Crippen molar-refractivity contribution in [3.63, 3.8) is 0 Å². The first kappa shape index (κ1) is 32.4. The molecule has 46 heavy (non-hydrogen) atoms. The van der Waals surface area contributed by atoms with Gasteiger partial charge in [0.2, 0.25) is 5.95 Å². The van der Waals surface area contributed by atoms with E-state index in [0.29, 0.717) is 23.5 Å². The Morgan fingerprint density at radius 2 is 1.67 bits per heavy atom. The van der Waals surface area contributed by atoms with Crippen LogP contribution in [0.15, 0.2) is 41.3 Å². The zero-order valence-electron chi connectivity index (χ0n) is 27.9. The number of hydrogen-bond donors (Lipinski definition) is 3. The topological polar surface area (TPSA) is 112 Å². The molecule has 248 valence electrons. The van der Waals surface area contributed by atoms with Gasteiger partial charge in [0.25, 0.3) is 0 Å². The summed E-state index contributed by atoms with van der Waals surface area (Å²) in [5.74, 6) is 2.48. The van der Waals surface area contributed by atoms with Gasteiger partial charge in [-0.1, -0.05) is 18.6 Å². The van der Waals surface area contributed by atoms with Gasteiger partial charge in [0.15, 0.2) is 9.84 Å². The number of nitrogens with zero attached hydrogens (tertiary/aromatic N) is 4. The van der Waals surface area contributed by atoms with Crippen molar-refractivity contribution < 1.29 is 13.2 Å². The molecule has 3 aliphatic heterocycles. The number of piperidine rings is 2. The molecule has 3 N–H and O–H groups in total. The summed E-state index contributed by atoms with van der Waals surface area (Å²) < 4.78 is 32.7. The highest BCUT2D eigenvalue weighted by molar-refractivity contribution is 7.92. The lowest BCUT2D eigenvalue weighted by atomic mass is 9.98. The zero-order chi connectivity index (χ0) is 32.4. The largest absolute Gasteiger partial charge is 0.489 e. The summed E-state index contributed by atoms with van der Waals surface area (Å²) in [6.45, 7) is 14.9. The predicted octanol–water partition coefficient (Wildman–Crippen LogP) is 6.66. The number of aryl methyl sites for hydroxylation is 1. The molecule has 1 aromatic heterocycles. The van der Waals surface area contributed by atoms with Crippen molar-refractivity contribution in [3.05, 3.63) is 47.5 Å². The number of aromatic nitrogens is 2. The van der Waals surface area contributed by atoms with Crippen LogP contribution >= 0.6 is 0 Å². The minimum absolute atomic E-state index is 0.0137. The molecule has 2 aromatic carbocycles. The first-order chi connectivity index (χ1) is 22.1. The van der Waals surface area contributed by atoms with Gasteiger partial charge in [-0.05, 0) is 104 Å². The second-order valence-electron chi connectivity index (χ2n) is 13.4. The summed E-state index contributed by atoms with van der Waals surface area (Å²) in [4.78, 5) is 15.2. The number of likely N-dealkylation sites (tertiary alicyclic amines) is 1. The molecule has 6 rings (SSSR count). The molecule has 3 aromatic rings. The second-order valence-corrected chi connectivity index (χ2v) is 15.8. The minimum atomic E-state index is -3.50. The van der Waals surface area contributed by atoms with E-state index < -0.39 is 15.1 Å². The van der Waals surface area contributed by atoms with Crippen LogP contribution in [0.2, 0.25) is 0 Å². The first-order valence-corrected chi connectivity index (χ1v) is 18.5. The Labute approximate surface area is 274 Å². The molecule has 0 saturated carbocycles. The Balaban J connectivity index is 1.27. The smallest absolute Gasteiger partial charge is 0.231 e. The third-order valence-electron chi connectivity index (χ3n) is 9.36. The maximum absolute atomic E-state index is 13.2. The van der Waals surface area contributed by atoms with E-state index in [2.05, 4.69) is 44.8 Å². The molecule has 2 saturated heterocycles. The van der Waals surface area contributed by atoms with Crippen molar-refractivity contribution in [3.8, 4) is 5.75 Å². The van der Waals surface area contributed by atoms with Crippen molar-refractivity contribution in [1.82, 2.24) is 14.9 Å². The number of benzene rings is 2. The Morgan fingerprint density at radius 1 is 0.935 bits per heavy atom. The van der Waals surface area contributed by atoms with Crippen LogP contribution in [0.3, 0.4) is 0 Å². The van der Waals surface area contributed by atoms with Gasteiger partial charge >= 0.3 is 0 Å². The Hall–Kier alpha value is -3.57. The molecule has 0 radical (unpaired) electrons. The molecule has 2 fully saturated rings. The maximum Gasteiger partial charge on any atom is 0.231 e. The molecule has 0 bridgehead atoms. The highest BCUT2D eigenvalue weighted by Gasteiger charge is 2.28. The maximum atomic E-state index is 13.2. The van der Waals surface area contributed by atoms with E-state index in [0.717, 1.165) is 48.9 Å². The molecule has 4 heterocycles. The van der Waals surface area contributed by atoms with E-state index in [9.17, 15) is 8.42 Å². The molecule has 0 atom stereocenters. The minimum Gasteiger partial charge on any atom is -0.489 e. The van der Waals surface area contributed by atoms with Gasteiger partial charge in [0.1, 0.15) is 17.4 Å². The third kappa shape index (κ3) is 6.90. The number of fused-ring (bicyclic) bond motifs is 1. The first-order valence-electron chi connectivity index (χ1n) is 16.9. The Kier molecular flexibility index (Phi) is 9.61. The van der Waals surface area contributed by atoms with Crippen LogP contribution in [0.25, 0.3) is 0 Å². The molecule has 0 aliphatic carbocycles. The van der Waals surface area contributed by atoms with Crippen molar-refractivity contribution in [1.29, 1.82) is 0 Å². The fourth-order valence-electron chi connectivity index (χ4n) is 6.87. The van der Waals surface area contributed by atoms with Gasteiger partial charge < -0.3 is 30.5 Å². The van der Waals surface area contributed by atoms with Gasteiger partial charge in [-0.2, -0.15) is 9.97 Å². The van der Waals surface area contributed by atoms with Crippen LogP contribution in [0, 0.1) is 6.92 Å². The SMILES string of the molecule is Cc1cc(Nc2nc3c(c(Nc4ccccc4S(=O)(=O)C(C)C)n2)CCN3)c(OC(C)C)cc1N1CCC(N2CCCCC2)CC1. The van der Waals surface area contributed by atoms with Gasteiger partial charge in [-0.25, -0.2) is 8.42 Å². The van der Waals surface area contributed by atoms with Crippen LogP contribution in [0.4, 0.5) is 34.6 Å². The Bertz CT molecular complexity index is 1650. The Morgan fingerprint density at radius 3 is 2.39 bits per heavy atom. The lowest BCUT2D eigenvalue weighted by Gasteiger charge is -2.41. The summed E-state index contributed by atoms with van der Waals surface area (Å²) in [6, 6.07) is 12.0. The molecule has 11 heteroatoms. The van der Waals surface area contributed by atoms with E-state index in [4.69, 9.17) is 14.7 Å². The van der Waals surface area contributed by atoms with Crippen LogP contribution in [0.5, 0.6) is 5.75 Å². The zero-order valence-corrected chi connectivity index (χ0v) is 28.7. The molecule has 0 spiro atoms. The molecule has 10 nitrogen and oxygen atoms in total. The fourth-order valence-corrected chi connectivity index (χ4v) is 8.08. The van der Waals surface area contributed by atoms with E-state index in [1.165, 1.54) is 56.4 Å². The van der Waals surface area contributed by atoms with Gasteiger partial charge in [0.05, 0.1) is 27.6 Å². The molecule has 3 aliphatic rings. The van der Waals surface area contributed by atoms with Crippen molar-refractivity contribution >= 4 is 44.5 Å². The van der Waals surface area contributed by atoms with Crippen molar-refractivity contribution in [2.45, 2.75) is 95.4 Å². The standard InChI is InChI=1S/C35H49N7O3S/c1-23(2)45-31-22-30(42-19-14-26(15-20-42)41-17-9-6-10-18-41)25(5)21-29(31)38-35-39-33-27(13-16-36-33)34(40-35)37-28-11-7-8-12-32(28)46(43,44)24(3)4/h7-8,11-12,21-24,26H,6,9-10,13-20H2,1-5H3,(H3,36,37,38,39,40). The van der Waals surface area contributed by atoms with Crippen LogP contribution < -0.4 is 25.6 Å². The van der Waals surface area contributed by atoms with Crippen molar-refractivity contribution in [2.75, 3.05) is 53.6 Å². The van der Waals surface area contributed by atoms with Crippen LogP contribution in [0.1, 0.15) is 70.9 Å². The number of nitrogens with one attached hydrogen (secondary N) is 3. The summed E-state index contributed by atoms with van der Waals surface area (Å²) in [6.07, 6.45) is 7.13. The van der Waals surface area contributed by atoms with Gasteiger partial charge in [-0.3, -0.25) is 0 Å². The number of sulfone groups is 1. The average Bonchev–Trinajstić information content (AvgIpc) is 3.52. The highest BCUT2D eigenvalue weighted by atomic mass is 32.2. The van der Waals surface area contributed by atoms with E-state index >= 15 is 0 Å². The molecule has 0 amide bonds. The fraction of sp³-hybridized carbons (Fsp3) is 0.543. The summed E-state index contributed by atoms with van der Waals surface area (Å²) >= 11 is 0. The quantitative estimate of drug-likeness (QED) is 0.221. The van der Waals surface area contributed by atoms with Gasteiger partial charge in [0, 0.05) is 43.0 Å². The molecular weight excluding hydrogens is 598 g/mol. The average molecular weight is 648 g/mol. The predicted molar refractivity (Wildman–Crippen MR) is 187 cm³/mol. The number of para-hydroxylation sites is 1. The normalized spacial score (nSPS) is 17.7. The molecular formula is C35H49N7O3S. The van der Waals surface area contributed by atoms with Crippen LogP contribution in [-0.2, 0) is 16.3 Å². The lowest BCUT2D eigenvalue weighted by Crippen LogP contribution is -2.46. The molecule has 0 unspecified atom stereocenters. The number of hydrogen-bond acceptors (Lipinski definition) is 10. The van der Waals surface area contributed by atoms with E-state index in [-0.39, 0.29) is 11.0 Å². The van der Waals surface area contributed by atoms with Gasteiger partial charge in [-0.15, -0.1) is 0 Å². The van der Waals surface area contributed by atoms with E-state index in [1.807, 2.05) is 19.9 Å². The van der Waals surface area contributed by atoms with E-state index in [1.54, 1.807) is 32.0 Å². The van der Waals surface area contributed by atoms with Crippen LogP contribution in [-0.4, -0.2) is 73.4 Å². The van der Waals surface area contributed by atoms with Crippen molar-refractivity contribution in [2.24, 2.45) is 0 Å². The number of rotatable bonds is 10. The number of anilines is 6. The summed E-state index contributed by atoms with van der Waals surface area (Å²) in [5, 5.41) is 9.61. The summed E-state index contributed by atoms with van der Waals surface area (Å²) in [7, 11) is -3.50. The lowest BCUT2D eigenvalue weighted by molar-refractivity contribution is 0.141. The second kappa shape index (κ2) is 13.7. The summed E-state index contributed by atoms with van der Waals surface area (Å²) in [5.41, 5.74) is 4.61. The monoisotopic (exact) mass is 647 g/mol.